The fraction of sp³-hybridized carbons (Fsp3) is 0.278. The lowest BCUT2D eigenvalue weighted by atomic mass is 10.1. The van der Waals surface area contributed by atoms with Gasteiger partial charge >= 0.3 is 0 Å². The van der Waals surface area contributed by atoms with Gasteiger partial charge < -0.3 is 10.2 Å². The van der Waals surface area contributed by atoms with Crippen molar-refractivity contribution in [2.45, 2.75) is 13.0 Å². The predicted molar refractivity (Wildman–Crippen MR) is 105 cm³/mol. The molecule has 0 atom stereocenters. The summed E-state index contributed by atoms with van der Waals surface area (Å²) >= 11 is 0. The first kappa shape index (κ1) is 19.4. The Morgan fingerprint density at radius 2 is 1.74 bits per heavy atom. The first-order valence-corrected chi connectivity index (χ1v) is 7.39. The standard InChI is InChI=1S/C18H22FN3.HI/c1-22(2)18(21-14-16-7-4-3-5-8-16)20-12-11-15-9-6-10-17(19)13-15;/h3-10,13H,11-12,14H2,1-2H3,(H,20,21);1H. The highest BCUT2D eigenvalue weighted by Crippen LogP contribution is 2.04. The Morgan fingerprint density at radius 1 is 1.04 bits per heavy atom. The van der Waals surface area contributed by atoms with Crippen LogP contribution in [0.4, 0.5) is 4.39 Å². The second kappa shape index (κ2) is 10.2. The monoisotopic (exact) mass is 427 g/mol. The van der Waals surface area contributed by atoms with Crippen molar-refractivity contribution in [3.8, 4) is 0 Å². The SMILES string of the molecule is CN(C)C(=NCc1ccccc1)NCCc1cccc(F)c1.I. The van der Waals surface area contributed by atoms with E-state index < -0.39 is 0 Å². The summed E-state index contributed by atoms with van der Waals surface area (Å²) in [6.45, 7) is 1.36. The van der Waals surface area contributed by atoms with E-state index in [1.54, 1.807) is 12.1 Å². The summed E-state index contributed by atoms with van der Waals surface area (Å²) in [5.41, 5.74) is 2.16. The Kier molecular flexibility index (Phi) is 8.61. The Hall–Kier alpha value is -1.63. The van der Waals surface area contributed by atoms with Gasteiger partial charge in [-0.2, -0.15) is 0 Å². The molecule has 23 heavy (non-hydrogen) atoms. The van der Waals surface area contributed by atoms with Crippen molar-refractivity contribution in [2.75, 3.05) is 20.6 Å². The summed E-state index contributed by atoms with van der Waals surface area (Å²) in [6.07, 6.45) is 0.760. The van der Waals surface area contributed by atoms with Gasteiger partial charge in [-0.1, -0.05) is 42.5 Å². The molecule has 2 rings (SSSR count). The molecule has 2 aromatic carbocycles. The van der Waals surface area contributed by atoms with Gasteiger partial charge in [0, 0.05) is 20.6 Å². The van der Waals surface area contributed by atoms with Gasteiger partial charge in [-0.15, -0.1) is 24.0 Å². The molecular weight excluding hydrogens is 404 g/mol. The van der Waals surface area contributed by atoms with Crippen molar-refractivity contribution in [3.05, 3.63) is 71.5 Å². The van der Waals surface area contributed by atoms with Crippen LogP contribution in [0.1, 0.15) is 11.1 Å². The van der Waals surface area contributed by atoms with E-state index in [9.17, 15) is 4.39 Å². The summed E-state index contributed by atoms with van der Waals surface area (Å²) in [5, 5.41) is 3.31. The highest BCUT2D eigenvalue weighted by molar-refractivity contribution is 14.0. The van der Waals surface area contributed by atoms with E-state index in [0.717, 1.165) is 24.5 Å². The van der Waals surface area contributed by atoms with Crippen LogP contribution in [0.3, 0.4) is 0 Å². The fourth-order valence-corrected chi connectivity index (χ4v) is 2.12. The van der Waals surface area contributed by atoms with Gasteiger partial charge in [0.05, 0.1) is 6.54 Å². The summed E-state index contributed by atoms with van der Waals surface area (Å²) in [6, 6.07) is 16.8. The van der Waals surface area contributed by atoms with E-state index in [4.69, 9.17) is 0 Å². The van der Waals surface area contributed by atoms with E-state index in [0.29, 0.717) is 6.54 Å². The van der Waals surface area contributed by atoms with Crippen molar-refractivity contribution in [1.29, 1.82) is 0 Å². The highest BCUT2D eigenvalue weighted by atomic mass is 127. The molecule has 124 valence electrons. The molecule has 2 aromatic rings. The number of benzene rings is 2. The van der Waals surface area contributed by atoms with Gasteiger partial charge in [-0.3, -0.25) is 0 Å². The van der Waals surface area contributed by atoms with Gasteiger partial charge in [-0.25, -0.2) is 9.38 Å². The molecule has 0 aliphatic carbocycles. The lowest BCUT2D eigenvalue weighted by molar-refractivity contribution is 0.578. The third-order valence-corrected chi connectivity index (χ3v) is 3.26. The van der Waals surface area contributed by atoms with Gasteiger partial charge in [0.15, 0.2) is 5.96 Å². The third-order valence-electron chi connectivity index (χ3n) is 3.26. The van der Waals surface area contributed by atoms with Crippen LogP contribution in [-0.4, -0.2) is 31.5 Å². The van der Waals surface area contributed by atoms with Gasteiger partial charge in [-0.05, 0) is 29.7 Å². The van der Waals surface area contributed by atoms with Crippen LogP contribution in [-0.2, 0) is 13.0 Å². The van der Waals surface area contributed by atoms with Crippen LogP contribution in [0, 0.1) is 5.82 Å². The molecule has 0 heterocycles. The molecule has 5 heteroatoms. The molecule has 0 bridgehead atoms. The molecule has 0 spiro atoms. The van der Waals surface area contributed by atoms with E-state index in [1.807, 2.05) is 43.3 Å². The lowest BCUT2D eigenvalue weighted by Gasteiger charge is -2.17. The number of rotatable bonds is 5. The van der Waals surface area contributed by atoms with Crippen LogP contribution >= 0.6 is 24.0 Å². The van der Waals surface area contributed by atoms with E-state index in [-0.39, 0.29) is 29.8 Å². The van der Waals surface area contributed by atoms with Gasteiger partial charge in [0.25, 0.3) is 0 Å². The molecule has 0 fully saturated rings. The zero-order valence-corrected chi connectivity index (χ0v) is 15.8. The summed E-state index contributed by atoms with van der Waals surface area (Å²) < 4.78 is 13.1. The molecule has 0 aromatic heterocycles. The van der Waals surface area contributed by atoms with E-state index in [1.165, 1.54) is 11.6 Å². The number of hydrogen-bond acceptors (Lipinski definition) is 1. The molecule has 0 saturated carbocycles. The minimum atomic E-state index is -0.192. The Balaban J connectivity index is 0.00000264. The number of nitrogens with one attached hydrogen (secondary N) is 1. The van der Waals surface area contributed by atoms with E-state index in [2.05, 4.69) is 22.4 Å². The van der Waals surface area contributed by atoms with Crippen molar-refractivity contribution in [3.63, 3.8) is 0 Å². The number of halogens is 2. The number of aliphatic imine (C=N–C) groups is 1. The molecule has 0 radical (unpaired) electrons. The number of hydrogen-bond donors (Lipinski definition) is 1. The smallest absolute Gasteiger partial charge is 0.193 e. The fourth-order valence-electron chi connectivity index (χ4n) is 2.12. The van der Waals surface area contributed by atoms with Gasteiger partial charge in [0.1, 0.15) is 5.82 Å². The average Bonchev–Trinajstić information content (AvgIpc) is 2.51. The second-order valence-corrected chi connectivity index (χ2v) is 5.33. The largest absolute Gasteiger partial charge is 0.356 e. The highest BCUT2D eigenvalue weighted by Gasteiger charge is 2.02. The third kappa shape index (κ3) is 6.99. The summed E-state index contributed by atoms with van der Waals surface area (Å²) in [4.78, 5) is 6.55. The van der Waals surface area contributed by atoms with E-state index >= 15 is 0 Å². The molecule has 0 aliphatic rings. The van der Waals surface area contributed by atoms with Crippen LogP contribution in [0.5, 0.6) is 0 Å². The normalized spacial score (nSPS) is 10.8. The zero-order chi connectivity index (χ0) is 15.8. The zero-order valence-electron chi connectivity index (χ0n) is 13.5. The minimum absolute atomic E-state index is 0. The topological polar surface area (TPSA) is 27.6 Å². The molecule has 0 unspecified atom stereocenters. The maximum absolute atomic E-state index is 13.1. The second-order valence-electron chi connectivity index (χ2n) is 5.33. The molecule has 1 N–H and O–H groups in total. The first-order chi connectivity index (χ1) is 10.6. The first-order valence-electron chi connectivity index (χ1n) is 7.39. The molecule has 3 nitrogen and oxygen atoms in total. The van der Waals surface area contributed by atoms with Crippen molar-refractivity contribution in [2.24, 2.45) is 4.99 Å². The van der Waals surface area contributed by atoms with Crippen LogP contribution in [0.25, 0.3) is 0 Å². The number of nitrogens with zero attached hydrogens (tertiary/aromatic N) is 2. The van der Waals surface area contributed by atoms with Crippen molar-refractivity contribution in [1.82, 2.24) is 10.2 Å². The number of guanidine groups is 1. The van der Waals surface area contributed by atoms with Gasteiger partial charge in [0.2, 0.25) is 0 Å². The minimum Gasteiger partial charge on any atom is -0.356 e. The molecule has 0 amide bonds. The summed E-state index contributed by atoms with van der Waals surface area (Å²) in [5.74, 6) is 0.642. The van der Waals surface area contributed by atoms with Crippen LogP contribution < -0.4 is 5.32 Å². The average molecular weight is 427 g/mol. The molecule has 0 aliphatic heterocycles. The van der Waals surface area contributed by atoms with Crippen molar-refractivity contribution < 1.29 is 4.39 Å². The van der Waals surface area contributed by atoms with Crippen LogP contribution in [0.2, 0.25) is 0 Å². The maximum Gasteiger partial charge on any atom is 0.193 e. The molecule has 0 saturated heterocycles. The summed E-state index contributed by atoms with van der Waals surface area (Å²) in [7, 11) is 3.91. The Morgan fingerprint density at radius 3 is 2.39 bits per heavy atom. The van der Waals surface area contributed by atoms with Crippen molar-refractivity contribution >= 4 is 29.9 Å². The Labute approximate surface area is 154 Å². The maximum atomic E-state index is 13.1. The quantitative estimate of drug-likeness (QED) is 0.448. The Bertz CT molecular complexity index is 615. The lowest BCUT2D eigenvalue weighted by Crippen LogP contribution is -2.37. The van der Waals surface area contributed by atoms with Crippen LogP contribution in [0.15, 0.2) is 59.6 Å². The molecular formula is C18H23FIN3. The predicted octanol–water partition coefficient (Wildman–Crippen LogP) is 3.69.